The molecule has 15 heteroatoms. The lowest BCUT2D eigenvalue weighted by atomic mass is 10.0. The van der Waals surface area contributed by atoms with Crippen molar-refractivity contribution in [2.24, 2.45) is 0 Å². The quantitative estimate of drug-likeness (QED) is 0.311. The molecule has 0 aromatic carbocycles. The highest BCUT2D eigenvalue weighted by Gasteiger charge is 2.36. The highest BCUT2D eigenvalue weighted by molar-refractivity contribution is 7.16. The molecule has 0 saturated carbocycles. The van der Waals surface area contributed by atoms with E-state index in [1.54, 1.807) is 19.1 Å². The number of nitrogens with zero attached hydrogens (tertiary/aromatic N) is 5. The molecule has 1 N–H and O–H groups in total. The largest absolute Gasteiger partial charge is 0.481 e. The van der Waals surface area contributed by atoms with Gasteiger partial charge in [0.15, 0.2) is 5.13 Å². The van der Waals surface area contributed by atoms with Crippen LogP contribution in [0, 0.1) is 6.92 Å². The molecular weight excluding hydrogens is 585 g/mol. The summed E-state index contributed by atoms with van der Waals surface area (Å²) in [6.07, 6.45) is -1.80. The number of hydrogen-bond donors (Lipinski definition) is 1. The van der Waals surface area contributed by atoms with Gasteiger partial charge in [-0.1, -0.05) is 22.9 Å². The minimum atomic E-state index is -4.67. The standard InChI is InChI=1S/C26H20ClF3N6O4S/c1-12-6-14(15-7-13(27)8-32-22(15)39-2)16(9-31-12)21(37)35-25-34-19-10-36(11-20(19)41-25)24(38)18-5-4-17(26(28,29)30)23(33-18)40-3/h4-9H,10-11H2,1-3H3,(H,34,35,37). The van der Waals surface area contributed by atoms with Crippen molar-refractivity contribution in [1.82, 2.24) is 24.8 Å². The lowest BCUT2D eigenvalue weighted by Crippen LogP contribution is -2.27. The molecular formula is C26H20ClF3N6O4S. The highest BCUT2D eigenvalue weighted by atomic mass is 35.5. The molecule has 0 unspecified atom stereocenters. The second-order valence-electron chi connectivity index (χ2n) is 8.84. The number of aryl methyl sites for hydroxylation is 1. The zero-order chi connectivity index (χ0) is 29.5. The van der Waals surface area contributed by atoms with Gasteiger partial charge in [-0.2, -0.15) is 13.2 Å². The number of pyridine rings is 3. The number of methoxy groups -OCH3 is 2. The maximum Gasteiger partial charge on any atom is 0.421 e. The van der Waals surface area contributed by atoms with Crippen molar-refractivity contribution in [1.29, 1.82) is 0 Å². The lowest BCUT2D eigenvalue weighted by molar-refractivity contribution is -0.139. The van der Waals surface area contributed by atoms with E-state index in [4.69, 9.17) is 21.1 Å². The van der Waals surface area contributed by atoms with Crippen LogP contribution in [0.5, 0.6) is 11.8 Å². The van der Waals surface area contributed by atoms with Crippen molar-refractivity contribution in [3.05, 3.63) is 74.8 Å². The fourth-order valence-electron chi connectivity index (χ4n) is 4.24. The molecule has 0 aliphatic carbocycles. The molecule has 5 rings (SSSR count). The molecule has 4 aromatic rings. The molecule has 10 nitrogen and oxygen atoms in total. The van der Waals surface area contributed by atoms with E-state index in [0.29, 0.717) is 32.7 Å². The van der Waals surface area contributed by atoms with Crippen LogP contribution in [0.15, 0.2) is 36.7 Å². The molecule has 0 atom stereocenters. The van der Waals surface area contributed by atoms with E-state index >= 15 is 0 Å². The average molecular weight is 605 g/mol. The molecule has 0 radical (unpaired) electrons. The van der Waals surface area contributed by atoms with Crippen molar-refractivity contribution in [2.45, 2.75) is 26.2 Å². The summed E-state index contributed by atoms with van der Waals surface area (Å²) < 4.78 is 49.6. The maximum atomic E-state index is 13.3. The summed E-state index contributed by atoms with van der Waals surface area (Å²) in [6.45, 7) is 2.02. The molecule has 0 fully saturated rings. The summed E-state index contributed by atoms with van der Waals surface area (Å²) in [5.74, 6) is -1.45. The van der Waals surface area contributed by atoms with E-state index in [9.17, 15) is 22.8 Å². The Bertz CT molecular complexity index is 1660. The third-order valence-electron chi connectivity index (χ3n) is 6.13. The number of aromatic nitrogens is 4. The van der Waals surface area contributed by atoms with Crippen LogP contribution in [0.4, 0.5) is 18.3 Å². The van der Waals surface area contributed by atoms with Crippen LogP contribution in [0.2, 0.25) is 5.02 Å². The number of anilines is 1. The van der Waals surface area contributed by atoms with Gasteiger partial charge in [-0.15, -0.1) is 0 Å². The van der Waals surface area contributed by atoms with Crippen molar-refractivity contribution < 1.29 is 32.2 Å². The first kappa shape index (κ1) is 28.2. The number of nitrogens with one attached hydrogen (secondary N) is 1. The molecule has 212 valence electrons. The molecule has 1 aliphatic rings. The minimum Gasteiger partial charge on any atom is -0.481 e. The highest BCUT2D eigenvalue weighted by Crippen LogP contribution is 2.37. The van der Waals surface area contributed by atoms with E-state index in [-0.39, 0.29) is 30.2 Å². The zero-order valence-electron chi connectivity index (χ0n) is 21.7. The summed E-state index contributed by atoms with van der Waals surface area (Å²) >= 11 is 7.34. The molecule has 41 heavy (non-hydrogen) atoms. The van der Waals surface area contributed by atoms with Gasteiger partial charge in [-0.3, -0.25) is 19.9 Å². The zero-order valence-corrected chi connectivity index (χ0v) is 23.2. The number of carbonyl (C=O) groups is 2. The Balaban J connectivity index is 1.33. The van der Waals surface area contributed by atoms with E-state index in [1.165, 1.54) is 35.7 Å². The van der Waals surface area contributed by atoms with Gasteiger partial charge < -0.3 is 14.4 Å². The van der Waals surface area contributed by atoms with Crippen molar-refractivity contribution in [3.8, 4) is 22.9 Å². The van der Waals surface area contributed by atoms with E-state index in [0.717, 1.165) is 24.1 Å². The van der Waals surface area contributed by atoms with Gasteiger partial charge >= 0.3 is 6.18 Å². The number of carbonyl (C=O) groups excluding carboxylic acids is 2. The number of alkyl halides is 3. The Morgan fingerprint density at radius 3 is 2.46 bits per heavy atom. The van der Waals surface area contributed by atoms with Crippen LogP contribution in [0.1, 0.15) is 42.7 Å². The minimum absolute atomic E-state index is 0.0915. The molecule has 1 aliphatic heterocycles. The van der Waals surface area contributed by atoms with Gasteiger partial charge in [-0.25, -0.2) is 15.0 Å². The first-order chi connectivity index (χ1) is 19.5. The average Bonchev–Trinajstić information content (AvgIpc) is 3.50. The Labute approximate surface area is 240 Å². The molecule has 2 amide bonds. The van der Waals surface area contributed by atoms with E-state index in [1.807, 2.05) is 0 Å². The van der Waals surface area contributed by atoms with Crippen molar-refractivity contribution >= 4 is 39.9 Å². The molecule has 4 aromatic heterocycles. The summed E-state index contributed by atoms with van der Waals surface area (Å²) in [6, 6.07) is 5.14. The molecule has 0 bridgehead atoms. The van der Waals surface area contributed by atoms with Crippen LogP contribution in [0.3, 0.4) is 0 Å². The Hall–Kier alpha value is -4.30. The Morgan fingerprint density at radius 2 is 1.78 bits per heavy atom. The molecule has 5 heterocycles. The summed E-state index contributed by atoms with van der Waals surface area (Å²) in [7, 11) is 2.51. The second kappa shape index (κ2) is 10.9. The van der Waals surface area contributed by atoms with Crippen LogP contribution in [-0.2, 0) is 19.3 Å². The van der Waals surface area contributed by atoms with Gasteiger partial charge in [0.1, 0.15) is 11.3 Å². The van der Waals surface area contributed by atoms with E-state index < -0.39 is 29.4 Å². The molecule has 0 saturated heterocycles. The number of halogens is 4. The van der Waals surface area contributed by atoms with Gasteiger partial charge in [0.2, 0.25) is 11.8 Å². The number of hydrogen-bond acceptors (Lipinski definition) is 9. The normalized spacial score (nSPS) is 12.7. The summed E-state index contributed by atoms with van der Waals surface area (Å²) in [5.41, 5.74) is 1.23. The number of ether oxygens (including phenoxy) is 2. The smallest absolute Gasteiger partial charge is 0.421 e. The van der Waals surface area contributed by atoms with Gasteiger partial charge in [0, 0.05) is 29.2 Å². The van der Waals surface area contributed by atoms with Crippen LogP contribution < -0.4 is 14.8 Å². The lowest BCUT2D eigenvalue weighted by Gasteiger charge is -2.17. The number of amides is 2. The van der Waals surface area contributed by atoms with Crippen molar-refractivity contribution in [2.75, 3.05) is 19.5 Å². The van der Waals surface area contributed by atoms with Gasteiger partial charge in [0.05, 0.1) is 48.5 Å². The third-order valence-corrected chi connectivity index (χ3v) is 7.33. The number of fused-ring (bicyclic) bond motifs is 1. The predicted octanol–water partition coefficient (Wildman–Crippen LogP) is 5.40. The van der Waals surface area contributed by atoms with Crippen LogP contribution >= 0.6 is 22.9 Å². The number of thiazole rings is 1. The monoisotopic (exact) mass is 604 g/mol. The maximum absolute atomic E-state index is 13.3. The Kier molecular flexibility index (Phi) is 7.53. The number of rotatable bonds is 6. The van der Waals surface area contributed by atoms with Crippen molar-refractivity contribution in [3.63, 3.8) is 0 Å². The fraction of sp³-hybridized carbons (Fsp3) is 0.231. The Morgan fingerprint density at radius 1 is 1.02 bits per heavy atom. The van der Waals surface area contributed by atoms with E-state index in [2.05, 4.69) is 25.3 Å². The topological polar surface area (TPSA) is 119 Å². The third kappa shape index (κ3) is 5.65. The SMILES string of the molecule is COc1ncc(Cl)cc1-c1cc(C)ncc1C(=O)Nc1nc2c(s1)CN(C(=O)c1ccc(C(F)(F)F)c(OC)n1)C2. The predicted molar refractivity (Wildman–Crippen MR) is 143 cm³/mol. The first-order valence-corrected chi connectivity index (χ1v) is 13.1. The van der Waals surface area contributed by atoms with Crippen LogP contribution in [0.25, 0.3) is 11.1 Å². The van der Waals surface area contributed by atoms with Crippen LogP contribution in [-0.4, -0.2) is 50.9 Å². The first-order valence-electron chi connectivity index (χ1n) is 11.9. The summed E-state index contributed by atoms with van der Waals surface area (Å²) in [5, 5.41) is 3.45. The molecule has 0 spiro atoms. The van der Waals surface area contributed by atoms with Gasteiger partial charge in [0.25, 0.3) is 11.8 Å². The second-order valence-corrected chi connectivity index (χ2v) is 10.4. The summed E-state index contributed by atoms with van der Waals surface area (Å²) in [4.78, 5) is 45.0. The fourth-order valence-corrected chi connectivity index (χ4v) is 5.38. The van der Waals surface area contributed by atoms with Gasteiger partial charge in [-0.05, 0) is 31.2 Å².